The predicted molar refractivity (Wildman–Crippen MR) is 192 cm³/mol. The highest BCUT2D eigenvalue weighted by Crippen LogP contribution is 2.43. The smallest absolute Gasteiger partial charge is 0.135 e. The Balaban J connectivity index is 1.34. The van der Waals surface area contributed by atoms with E-state index in [4.69, 9.17) is 43.6 Å². The highest BCUT2D eigenvalue weighted by atomic mass is 16.3. The van der Waals surface area contributed by atoms with Crippen LogP contribution in [0.2, 0.25) is 0 Å². The number of fused-ring (bicyclic) bond motifs is 5. The highest BCUT2D eigenvalue weighted by molar-refractivity contribution is 6.69. The van der Waals surface area contributed by atoms with Crippen molar-refractivity contribution in [3.63, 3.8) is 0 Å². The van der Waals surface area contributed by atoms with Gasteiger partial charge in [-0.15, -0.1) is 16.4 Å². The molecule has 8 aromatic rings. The van der Waals surface area contributed by atoms with Crippen LogP contribution >= 0.6 is 0 Å². The summed E-state index contributed by atoms with van der Waals surface area (Å²) in [5.41, 5.74) is 9.06. The number of benzene rings is 7. The zero-order chi connectivity index (χ0) is 30.1. The zero-order valence-electron chi connectivity index (χ0n) is 23.8. The lowest BCUT2D eigenvalue weighted by atomic mass is 9.59. The van der Waals surface area contributed by atoms with E-state index in [0.29, 0.717) is 16.5 Å². The van der Waals surface area contributed by atoms with E-state index in [2.05, 4.69) is 66.7 Å². The van der Waals surface area contributed by atoms with Gasteiger partial charge in [0.25, 0.3) is 0 Å². The summed E-state index contributed by atoms with van der Waals surface area (Å²) < 4.78 is 6.04. The van der Waals surface area contributed by atoms with Crippen molar-refractivity contribution in [3.05, 3.63) is 115 Å². The molecule has 0 fully saturated rings. The predicted octanol–water partition coefficient (Wildman–Crippen LogP) is 4.86. The third kappa shape index (κ3) is 3.94. The van der Waals surface area contributed by atoms with E-state index in [0.717, 1.165) is 71.3 Å². The van der Waals surface area contributed by atoms with Crippen LogP contribution < -0.4 is 27.3 Å². The van der Waals surface area contributed by atoms with Gasteiger partial charge in [-0.05, 0) is 73.1 Å². The standard InChI is InChI=1S/C38H19B5O/c39-34-33(35(40)37(42)38(43)36(34)41)32-26-10-3-1-8-24(26)31(25-9-2-4-11-27(25)32)21-15-13-20(14-16-21)22-17-18-30-28(19-22)23-7-5-6-12-29(23)44-30/h1-19H. The van der Waals surface area contributed by atoms with E-state index in [-0.39, 0.29) is 16.4 Å². The molecule has 0 aliphatic rings. The molecule has 0 atom stereocenters. The molecule has 44 heavy (non-hydrogen) atoms. The molecule has 0 bridgehead atoms. The van der Waals surface area contributed by atoms with E-state index in [1.165, 1.54) is 0 Å². The maximum atomic E-state index is 6.60. The van der Waals surface area contributed by atoms with Crippen LogP contribution in [0.25, 0.3) is 76.9 Å². The Bertz CT molecular complexity index is 2350. The normalized spacial score (nSPS) is 11.6. The van der Waals surface area contributed by atoms with Crippen LogP contribution in [-0.4, -0.2) is 39.2 Å². The van der Waals surface area contributed by atoms with Crippen molar-refractivity contribution in [2.45, 2.75) is 0 Å². The van der Waals surface area contributed by atoms with Gasteiger partial charge in [0.05, 0.1) is 0 Å². The highest BCUT2D eigenvalue weighted by Gasteiger charge is 2.20. The molecule has 0 spiro atoms. The Morgan fingerprint density at radius 2 is 0.750 bits per heavy atom. The molecule has 192 valence electrons. The van der Waals surface area contributed by atoms with Gasteiger partial charge in [-0.3, -0.25) is 0 Å². The molecule has 1 heterocycles. The van der Waals surface area contributed by atoms with Crippen molar-refractivity contribution in [2.24, 2.45) is 0 Å². The summed E-state index contributed by atoms with van der Waals surface area (Å²) in [6, 6.07) is 39.8. The molecule has 1 aromatic heterocycles. The van der Waals surface area contributed by atoms with Crippen LogP contribution in [0.1, 0.15) is 0 Å². The minimum Gasteiger partial charge on any atom is -0.456 e. The van der Waals surface area contributed by atoms with E-state index in [9.17, 15) is 0 Å². The summed E-state index contributed by atoms with van der Waals surface area (Å²) in [7, 11) is 32.0. The fraction of sp³-hybridized carbons (Fsp3) is 0. The summed E-state index contributed by atoms with van der Waals surface area (Å²) in [6.45, 7) is 0. The molecule has 0 N–H and O–H groups in total. The lowest BCUT2D eigenvalue weighted by Crippen LogP contribution is -2.55. The van der Waals surface area contributed by atoms with Crippen LogP contribution in [0.5, 0.6) is 0 Å². The molecule has 0 saturated carbocycles. The number of furan rings is 1. The van der Waals surface area contributed by atoms with E-state index in [1.54, 1.807) is 0 Å². The summed E-state index contributed by atoms with van der Waals surface area (Å²) >= 11 is 0. The summed E-state index contributed by atoms with van der Waals surface area (Å²) in [5.74, 6) is 0. The maximum absolute atomic E-state index is 6.60. The van der Waals surface area contributed by atoms with Crippen molar-refractivity contribution >= 4 is 110 Å². The number of para-hydroxylation sites is 1. The average Bonchev–Trinajstić information content (AvgIpc) is 3.44. The number of hydrogen-bond acceptors (Lipinski definition) is 1. The van der Waals surface area contributed by atoms with Gasteiger partial charge in [0, 0.05) is 10.8 Å². The molecule has 0 aliphatic carbocycles. The first-order valence-corrected chi connectivity index (χ1v) is 14.4. The second kappa shape index (κ2) is 10.1. The van der Waals surface area contributed by atoms with Gasteiger partial charge >= 0.3 is 0 Å². The average molecular weight is 546 g/mol. The molecular weight excluding hydrogens is 526 g/mol. The van der Waals surface area contributed by atoms with Gasteiger partial charge in [0.15, 0.2) is 0 Å². The maximum Gasteiger partial charge on any atom is 0.135 e. The van der Waals surface area contributed by atoms with Crippen LogP contribution in [0, 0.1) is 0 Å². The molecule has 6 heteroatoms. The molecule has 0 unspecified atom stereocenters. The molecule has 8 rings (SSSR count). The summed E-state index contributed by atoms with van der Waals surface area (Å²) in [6.07, 6.45) is 0. The molecule has 0 amide bonds. The first-order valence-electron chi connectivity index (χ1n) is 14.4. The fourth-order valence-electron chi connectivity index (χ4n) is 6.56. The second-order valence-electron chi connectivity index (χ2n) is 11.2. The first-order chi connectivity index (χ1) is 21.4. The van der Waals surface area contributed by atoms with Gasteiger partial charge in [-0.25, -0.2) is 0 Å². The van der Waals surface area contributed by atoms with Gasteiger partial charge in [0.1, 0.15) is 50.4 Å². The van der Waals surface area contributed by atoms with Gasteiger partial charge in [-0.1, -0.05) is 108 Å². The molecule has 0 aliphatic heterocycles. The molecule has 7 aromatic carbocycles. The monoisotopic (exact) mass is 546 g/mol. The SMILES string of the molecule is [B]c1c([B])c([B])c(-c2c3ccccc3c(-c3ccc(-c4ccc5oc6ccccc6c5c4)cc3)c3ccccc23)c([B])c1[B]. The van der Waals surface area contributed by atoms with Crippen LogP contribution in [0.4, 0.5) is 0 Å². The van der Waals surface area contributed by atoms with Gasteiger partial charge < -0.3 is 4.42 Å². The minimum absolute atomic E-state index is 0.203. The third-order valence-electron chi connectivity index (χ3n) is 8.76. The van der Waals surface area contributed by atoms with Crippen molar-refractivity contribution in [3.8, 4) is 33.4 Å². The van der Waals surface area contributed by atoms with Crippen LogP contribution in [0.3, 0.4) is 0 Å². The quantitative estimate of drug-likeness (QED) is 0.228. The Morgan fingerprint density at radius 1 is 0.318 bits per heavy atom. The molecular formula is C38H19B5O. The topological polar surface area (TPSA) is 13.1 Å². The molecule has 1 nitrogen and oxygen atoms in total. The van der Waals surface area contributed by atoms with E-state index in [1.807, 2.05) is 48.5 Å². The van der Waals surface area contributed by atoms with Crippen molar-refractivity contribution in [1.82, 2.24) is 0 Å². The summed E-state index contributed by atoms with van der Waals surface area (Å²) in [5, 5.41) is 6.33. The van der Waals surface area contributed by atoms with E-state index >= 15 is 0 Å². The van der Waals surface area contributed by atoms with Crippen LogP contribution in [0.15, 0.2) is 120 Å². The fourth-order valence-corrected chi connectivity index (χ4v) is 6.56. The molecule has 10 radical (unpaired) electrons. The largest absolute Gasteiger partial charge is 0.456 e. The number of rotatable bonds is 3. The van der Waals surface area contributed by atoms with Gasteiger partial charge in [-0.2, -0.15) is 0 Å². The van der Waals surface area contributed by atoms with Gasteiger partial charge in [0.2, 0.25) is 0 Å². The lowest BCUT2D eigenvalue weighted by Gasteiger charge is -2.25. The Labute approximate surface area is 262 Å². The lowest BCUT2D eigenvalue weighted by molar-refractivity contribution is 0.669. The molecule has 0 saturated heterocycles. The zero-order valence-corrected chi connectivity index (χ0v) is 23.8. The van der Waals surface area contributed by atoms with E-state index < -0.39 is 0 Å². The Hall–Kier alpha value is -4.82. The third-order valence-corrected chi connectivity index (χ3v) is 8.76. The minimum atomic E-state index is 0.203. The van der Waals surface area contributed by atoms with Crippen molar-refractivity contribution in [1.29, 1.82) is 0 Å². The van der Waals surface area contributed by atoms with Crippen LogP contribution in [-0.2, 0) is 0 Å². The first kappa shape index (κ1) is 26.8. The number of hydrogen-bond donors (Lipinski definition) is 0. The Kier molecular flexibility index (Phi) is 6.17. The Morgan fingerprint density at radius 3 is 1.34 bits per heavy atom. The summed E-state index contributed by atoms with van der Waals surface area (Å²) in [4.78, 5) is 0. The van der Waals surface area contributed by atoms with Crippen molar-refractivity contribution in [2.75, 3.05) is 0 Å². The van der Waals surface area contributed by atoms with Crippen molar-refractivity contribution < 1.29 is 4.42 Å². The second-order valence-corrected chi connectivity index (χ2v) is 11.2.